The number of aliphatic hydroxyl groups is 1. The molecule has 0 bridgehead atoms. The van der Waals surface area contributed by atoms with E-state index in [1.54, 1.807) is 6.07 Å². The van der Waals surface area contributed by atoms with E-state index in [1.807, 2.05) is 22.6 Å². The zero-order chi connectivity index (χ0) is 9.30. The standard InChI is InChI=1S/C8H7ClFIO/c1-4(12)7-5(10)2-3-6(11)8(7)9/h2-4,12H,1H3. The molecule has 0 aliphatic carbocycles. The van der Waals surface area contributed by atoms with E-state index in [0.717, 1.165) is 3.57 Å². The minimum absolute atomic E-state index is 0.170. The van der Waals surface area contributed by atoms with Crippen molar-refractivity contribution in [2.45, 2.75) is 13.0 Å². The highest BCUT2D eigenvalue weighted by Crippen LogP contribution is 2.29. The van der Waals surface area contributed by atoms with Gasteiger partial charge in [-0.05, 0) is 41.6 Å². The minimum Gasteiger partial charge on any atom is -0.389 e. The van der Waals surface area contributed by atoms with Crippen LogP contribution in [-0.4, -0.2) is 5.11 Å². The zero-order valence-electron chi connectivity index (χ0n) is 6.31. The normalized spacial score (nSPS) is 13.1. The molecule has 1 atom stereocenters. The summed E-state index contributed by atoms with van der Waals surface area (Å²) >= 11 is 7.78. The van der Waals surface area contributed by atoms with Gasteiger partial charge in [0.25, 0.3) is 0 Å². The fraction of sp³-hybridized carbons (Fsp3) is 0.250. The van der Waals surface area contributed by atoms with Gasteiger partial charge in [-0.3, -0.25) is 0 Å². The molecule has 0 aromatic heterocycles. The summed E-state index contributed by atoms with van der Waals surface area (Å²) in [4.78, 5) is 0. The third kappa shape index (κ3) is 1.89. The van der Waals surface area contributed by atoms with Gasteiger partial charge in [-0.1, -0.05) is 11.6 Å². The first-order valence-corrected chi connectivity index (χ1v) is 4.81. The first kappa shape index (κ1) is 10.2. The molecule has 0 heterocycles. The first-order valence-electron chi connectivity index (χ1n) is 3.35. The number of halogens is 3. The summed E-state index contributed by atoms with van der Waals surface area (Å²) in [6, 6.07) is 2.87. The van der Waals surface area contributed by atoms with Gasteiger partial charge in [0.05, 0.1) is 11.1 Å². The number of benzene rings is 1. The average molecular weight is 300 g/mol. The Balaban J connectivity index is 3.33. The monoisotopic (exact) mass is 300 g/mol. The van der Waals surface area contributed by atoms with Crippen molar-refractivity contribution in [3.8, 4) is 0 Å². The van der Waals surface area contributed by atoms with Crippen LogP contribution < -0.4 is 0 Å². The molecule has 1 unspecified atom stereocenters. The lowest BCUT2D eigenvalue weighted by Gasteiger charge is -2.09. The van der Waals surface area contributed by atoms with Crippen LogP contribution >= 0.6 is 34.2 Å². The molecule has 0 saturated carbocycles. The molecular formula is C8H7ClFIO. The summed E-state index contributed by atoms with van der Waals surface area (Å²) in [5.41, 5.74) is 0.170. The van der Waals surface area contributed by atoms with Crippen molar-refractivity contribution in [2.75, 3.05) is 0 Å². The molecular weight excluding hydrogens is 293 g/mol. The topological polar surface area (TPSA) is 20.2 Å². The predicted molar refractivity (Wildman–Crippen MR) is 54.8 cm³/mol. The quantitative estimate of drug-likeness (QED) is 0.624. The van der Waals surface area contributed by atoms with Crippen molar-refractivity contribution in [1.29, 1.82) is 0 Å². The van der Waals surface area contributed by atoms with Crippen molar-refractivity contribution < 1.29 is 9.50 Å². The van der Waals surface area contributed by atoms with Crippen molar-refractivity contribution in [3.05, 3.63) is 32.1 Å². The molecule has 0 amide bonds. The van der Waals surface area contributed by atoms with E-state index in [2.05, 4.69) is 0 Å². The van der Waals surface area contributed by atoms with Gasteiger partial charge in [0.2, 0.25) is 0 Å². The maximum atomic E-state index is 13.0. The van der Waals surface area contributed by atoms with Gasteiger partial charge < -0.3 is 5.11 Å². The van der Waals surface area contributed by atoms with Gasteiger partial charge in [-0.2, -0.15) is 0 Å². The Labute approximate surface area is 88.7 Å². The summed E-state index contributed by atoms with van der Waals surface area (Å²) in [5.74, 6) is -0.463. The fourth-order valence-electron chi connectivity index (χ4n) is 0.926. The maximum absolute atomic E-state index is 13.0. The Bertz CT molecular complexity index is 301. The molecule has 0 aliphatic rings. The number of rotatable bonds is 1. The van der Waals surface area contributed by atoms with Crippen LogP contribution in [0.25, 0.3) is 0 Å². The summed E-state index contributed by atoms with van der Waals surface area (Å²) in [5, 5.41) is 9.48. The smallest absolute Gasteiger partial charge is 0.130 e. The van der Waals surface area contributed by atoms with E-state index < -0.39 is 11.9 Å². The van der Waals surface area contributed by atoms with E-state index in [4.69, 9.17) is 11.6 Å². The maximum Gasteiger partial charge on any atom is 0.130 e. The second-order valence-electron chi connectivity index (χ2n) is 2.43. The van der Waals surface area contributed by atoms with E-state index >= 15 is 0 Å². The Hall–Kier alpha value is 0.130. The molecule has 1 nitrogen and oxygen atoms in total. The van der Waals surface area contributed by atoms with Crippen LogP contribution in [0, 0.1) is 9.39 Å². The van der Waals surface area contributed by atoms with Crippen molar-refractivity contribution in [2.24, 2.45) is 0 Å². The molecule has 4 heteroatoms. The minimum atomic E-state index is -0.868. The highest BCUT2D eigenvalue weighted by Gasteiger charge is 2.14. The molecule has 12 heavy (non-hydrogen) atoms. The molecule has 1 aromatic carbocycles. The third-order valence-electron chi connectivity index (χ3n) is 1.50. The largest absolute Gasteiger partial charge is 0.389 e. The van der Waals surface area contributed by atoms with E-state index in [0.29, 0.717) is 5.02 Å². The second-order valence-corrected chi connectivity index (χ2v) is 3.97. The van der Waals surface area contributed by atoms with E-state index in [9.17, 15) is 9.50 Å². The lowest BCUT2D eigenvalue weighted by molar-refractivity contribution is 0.194. The van der Waals surface area contributed by atoms with Crippen LogP contribution in [-0.2, 0) is 0 Å². The molecule has 0 spiro atoms. The van der Waals surface area contributed by atoms with Crippen molar-refractivity contribution in [1.82, 2.24) is 0 Å². The molecule has 1 rings (SSSR count). The van der Waals surface area contributed by atoms with Crippen LogP contribution in [0.3, 0.4) is 0 Å². The second kappa shape index (κ2) is 3.89. The van der Waals surface area contributed by atoms with Crippen LogP contribution in [0.1, 0.15) is 18.6 Å². The van der Waals surface area contributed by atoms with Crippen LogP contribution in [0.2, 0.25) is 5.02 Å². The van der Waals surface area contributed by atoms with Gasteiger partial charge in [0.15, 0.2) is 0 Å². The van der Waals surface area contributed by atoms with Gasteiger partial charge in [-0.25, -0.2) is 4.39 Å². The third-order valence-corrected chi connectivity index (χ3v) is 3.12. The lowest BCUT2D eigenvalue weighted by atomic mass is 10.1. The molecule has 1 N–H and O–H groups in total. The first-order chi connectivity index (χ1) is 5.54. The van der Waals surface area contributed by atoms with Crippen molar-refractivity contribution >= 4 is 34.2 Å². The number of hydrogen-bond acceptors (Lipinski definition) is 1. The summed E-state index contributed by atoms with van der Waals surface area (Å²) < 4.78 is 13.8. The molecule has 1 aromatic rings. The van der Waals surface area contributed by atoms with Crippen molar-refractivity contribution in [3.63, 3.8) is 0 Å². The summed E-state index contributed by atoms with van der Waals surface area (Å²) in [6.07, 6.45) is -0.868. The SMILES string of the molecule is CC(O)c1c(F)ccc(I)c1Cl. The van der Waals surface area contributed by atoms with Crippen LogP contribution in [0.4, 0.5) is 4.39 Å². The molecule has 0 radical (unpaired) electrons. The van der Waals surface area contributed by atoms with Gasteiger partial charge in [-0.15, -0.1) is 0 Å². The van der Waals surface area contributed by atoms with E-state index in [1.165, 1.54) is 13.0 Å². The predicted octanol–water partition coefficient (Wildman–Crippen LogP) is 3.14. The zero-order valence-corrected chi connectivity index (χ0v) is 9.23. The molecule has 0 fully saturated rings. The Morgan fingerprint density at radius 3 is 2.58 bits per heavy atom. The van der Waals surface area contributed by atoms with Gasteiger partial charge in [0, 0.05) is 9.13 Å². The fourth-order valence-corrected chi connectivity index (χ4v) is 1.71. The van der Waals surface area contributed by atoms with Gasteiger partial charge in [0.1, 0.15) is 5.82 Å². The van der Waals surface area contributed by atoms with Crippen LogP contribution in [0.15, 0.2) is 12.1 Å². The summed E-state index contributed by atoms with van der Waals surface area (Å²) in [7, 11) is 0. The van der Waals surface area contributed by atoms with Crippen LogP contribution in [0.5, 0.6) is 0 Å². The summed E-state index contributed by atoms with van der Waals surface area (Å²) in [6.45, 7) is 1.49. The molecule has 66 valence electrons. The lowest BCUT2D eigenvalue weighted by Crippen LogP contribution is -1.98. The Kier molecular flexibility index (Phi) is 3.31. The van der Waals surface area contributed by atoms with Gasteiger partial charge >= 0.3 is 0 Å². The number of hydrogen-bond donors (Lipinski definition) is 1. The Morgan fingerprint density at radius 1 is 1.58 bits per heavy atom. The average Bonchev–Trinajstić information content (AvgIpc) is 1.97. The Morgan fingerprint density at radius 2 is 2.17 bits per heavy atom. The van der Waals surface area contributed by atoms with E-state index in [-0.39, 0.29) is 5.56 Å². The highest BCUT2D eigenvalue weighted by molar-refractivity contribution is 14.1. The number of aliphatic hydroxyl groups excluding tert-OH is 1. The molecule has 0 aliphatic heterocycles. The molecule has 0 saturated heterocycles. The highest BCUT2D eigenvalue weighted by atomic mass is 127.